The van der Waals surface area contributed by atoms with Crippen molar-refractivity contribution in [2.75, 3.05) is 19.0 Å². The average molecular weight is 321 g/mol. The normalized spacial score (nSPS) is 20.9. The van der Waals surface area contributed by atoms with Crippen molar-refractivity contribution >= 4 is 17.7 Å². The summed E-state index contributed by atoms with van der Waals surface area (Å²) in [6.45, 7) is 5.95. The van der Waals surface area contributed by atoms with Crippen molar-refractivity contribution in [3.63, 3.8) is 0 Å². The number of nitrogens with one attached hydrogen (secondary N) is 1. The minimum Gasteiger partial charge on any atom is -0.467 e. The van der Waals surface area contributed by atoms with E-state index in [0.29, 0.717) is 12.3 Å². The van der Waals surface area contributed by atoms with Gasteiger partial charge in [0, 0.05) is 18.2 Å². The lowest BCUT2D eigenvalue weighted by molar-refractivity contribution is -0.151. The average Bonchev–Trinajstić information content (AvgIpc) is 2.94. The summed E-state index contributed by atoms with van der Waals surface area (Å²) < 4.78 is 15.4. The first-order valence-corrected chi connectivity index (χ1v) is 7.59. The molecule has 2 atom stereocenters. The molecule has 6 nitrogen and oxygen atoms in total. The Morgan fingerprint density at radius 2 is 1.87 bits per heavy atom. The second kappa shape index (κ2) is 7.00. The van der Waals surface area contributed by atoms with Gasteiger partial charge in [0.15, 0.2) is 6.10 Å². The Hall–Kier alpha value is -2.08. The van der Waals surface area contributed by atoms with Gasteiger partial charge >= 0.3 is 12.1 Å². The van der Waals surface area contributed by atoms with Gasteiger partial charge in [-0.05, 0) is 44.9 Å². The topological polar surface area (TPSA) is 73.9 Å². The molecule has 23 heavy (non-hydrogen) atoms. The third kappa shape index (κ3) is 4.69. The van der Waals surface area contributed by atoms with E-state index in [1.54, 1.807) is 12.1 Å². The second-order valence-electron chi connectivity index (χ2n) is 6.46. The van der Waals surface area contributed by atoms with Crippen LogP contribution in [0.2, 0.25) is 0 Å². The Labute approximate surface area is 136 Å². The first-order valence-electron chi connectivity index (χ1n) is 7.59. The molecule has 1 fully saturated rings. The number of carbonyl (C=O) groups is 2. The van der Waals surface area contributed by atoms with E-state index in [1.807, 2.05) is 32.9 Å². The van der Waals surface area contributed by atoms with Gasteiger partial charge in [-0.1, -0.05) is 12.1 Å². The van der Waals surface area contributed by atoms with Crippen LogP contribution in [0, 0.1) is 0 Å². The fourth-order valence-electron chi connectivity index (χ4n) is 2.51. The zero-order valence-electron chi connectivity index (χ0n) is 13.9. The Bertz CT molecular complexity index is 561. The van der Waals surface area contributed by atoms with Crippen LogP contribution in [0.5, 0.6) is 0 Å². The van der Waals surface area contributed by atoms with Crippen LogP contribution in [0.25, 0.3) is 0 Å². The molecule has 1 amide bonds. The van der Waals surface area contributed by atoms with Crippen LogP contribution >= 0.6 is 0 Å². The van der Waals surface area contributed by atoms with Gasteiger partial charge in [-0.2, -0.15) is 0 Å². The third-order valence-corrected chi connectivity index (χ3v) is 3.51. The molecule has 1 heterocycles. The summed E-state index contributed by atoms with van der Waals surface area (Å²) in [7, 11) is 1.36. The number of ether oxygens (including phenoxy) is 3. The van der Waals surface area contributed by atoms with Crippen molar-refractivity contribution in [3.8, 4) is 0 Å². The molecule has 1 aromatic carbocycles. The molecular weight excluding hydrogens is 298 g/mol. The fourth-order valence-corrected chi connectivity index (χ4v) is 2.51. The van der Waals surface area contributed by atoms with Crippen molar-refractivity contribution in [3.05, 3.63) is 29.8 Å². The van der Waals surface area contributed by atoms with Gasteiger partial charge in [0.2, 0.25) is 0 Å². The minimum atomic E-state index is -0.565. The highest BCUT2D eigenvalue weighted by Gasteiger charge is 2.36. The molecule has 1 saturated heterocycles. The van der Waals surface area contributed by atoms with Gasteiger partial charge in [0.1, 0.15) is 5.60 Å². The molecule has 0 unspecified atom stereocenters. The van der Waals surface area contributed by atoms with Gasteiger partial charge in [-0.15, -0.1) is 0 Å². The van der Waals surface area contributed by atoms with Crippen molar-refractivity contribution in [2.45, 2.75) is 44.8 Å². The zero-order valence-corrected chi connectivity index (χ0v) is 13.9. The van der Waals surface area contributed by atoms with E-state index in [-0.39, 0.29) is 11.9 Å². The molecule has 2 rings (SSSR count). The smallest absolute Gasteiger partial charge is 0.412 e. The first-order chi connectivity index (χ1) is 10.8. The molecule has 0 bridgehead atoms. The molecule has 1 aliphatic rings. The van der Waals surface area contributed by atoms with Crippen molar-refractivity contribution in [1.82, 2.24) is 0 Å². The molecule has 0 radical (unpaired) electrons. The van der Waals surface area contributed by atoms with E-state index in [2.05, 4.69) is 5.32 Å². The van der Waals surface area contributed by atoms with Crippen LogP contribution in [0.15, 0.2) is 24.3 Å². The van der Waals surface area contributed by atoms with E-state index in [0.717, 1.165) is 12.0 Å². The predicted octanol–water partition coefficient (Wildman–Crippen LogP) is 3.08. The highest BCUT2D eigenvalue weighted by atomic mass is 16.6. The molecule has 0 aliphatic carbocycles. The summed E-state index contributed by atoms with van der Waals surface area (Å²) in [4.78, 5) is 23.5. The molecule has 1 aliphatic heterocycles. The van der Waals surface area contributed by atoms with Crippen LogP contribution in [0.3, 0.4) is 0 Å². The summed E-state index contributed by atoms with van der Waals surface area (Å²) >= 11 is 0. The Balaban J connectivity index is 2.02. The maximum absolute atomic E-state index is 11.7. The SMILES string of the molecule is COC(=O)[C@H]1OCC[C@H]1c1ccc(NC(=O)OC(C)(C)C)cc1. The van der Waals surface area contributed by atoms with Crippen molar-refractivity contribution < 1.29 is 23.8 Å². The van der Waals surface area contributed by atoms with Crippen molar-refractivity contribution in [1.29, 1.82) is 0 Å². The van der Waals surface area contributed by atoms with Crippen LogP contribution in [0.4, 0.5) is 10.5 Å². The number of anilines is 1. The van der Waals surface area contributed by atoms with E-state index in [1.165, 1.54) is 7.11 Å². The molecular formula is C17H23NO5. The molecule has 1 N–H and O–H groups in total. The molecule has 0 aromatic heterocycles. The molecule has 1 aromatic rings. The minimum absolute atomic E-state index is 0.0296. The van der Waals surface area contributed by atoms with Gasteiger partial charge in [-0.25, -0.2) is 9.59 Å². The number of rotatable bonds is 3. The number of benzene rings is 1. The highest BCUT2D eigenvalue weighted by molar-refractivity contribution is 5.84. The van der Waals surface area contributed by atoms with Gasteiger partial charge in [0.05, 0.1) is 7.11 Å². The number of esters is 1. The number of amides is 1. The zero-order chi connectivity index (χ0) is 17.0. The Morgan fingerprint density at radius 1 is 1.22 bits per heavy atom. The van der Waals surface area contributed by atoms with Gasteiger partial charge in [-0.3, -0.25) is 5.32 Å². The second-order valence-corrected chi connectivity index (χ2v) is 6.46. The van der Waals surface area contributed by atoms with Crippen molar-refractivity contribution in [2.24, 2.45) is 0 Å². The standard InChI is InChI=1S/C17H23NO5/c1-17(2,3)23-16(20)18-12-7-5-11(6-8-12)13-9-10-22-14(13)15(19)21-4/h5-8,13-14H,9-10H2,1-4H3,(H,18,20)/t13-,14-/m0/s1. The van der Waals surface area contributed by atoms with E-state index < -0.39 is 17.8 Å². The predicted molar refractivity (Wildman–Crippen MR) is 85.4 cm³/mol. The summed E-state index contributed by atoms with van der Waals surface area (Å²) in [5, 5.41) is 2.68. The maximum atomic E-state index is 11.7. The maximum Gasteiger partial charge on any atom is 0.412 e. The lowest BCUT2D eigenvalue weighted by Crippen LogP contribution is -2.27. The number of hydrogen-bond acceptors (Lipinski definition) is 5. The fraction of sp³-hybridized carbons (Fsp3) is 0.529. The highest BCUT2D eigenvalue weighted by Crippen LogP contribution is 2.32. The monoisotopic (exact) mass is 321 g/mol. The van der Waals surface area contributed by atoms with Crippen LogP contribution < -0.4 is 5.32 Å². The number of methoxy groups -OCH3 is 1. The Morgan fingerprint density at radius 3 is 2.43 bits per heavy atom. The molecule has 0 spiro atoms. The first kappa shape index (κ1) is 17.3. The number of hydrogen-bond donors (Lipinski definition) is 1. The molecule has 126 valence electrons. The van der Waals surface area contributed by atoms with Crippen LogP contribution in [0.1, 0.15) is 38.7 Å². The summed E-state index contributed by atoms with van der Waals surface area (Å²) in [5.74, 6) is -0.388. The van der Waals surface area contributed by atoms with Crippen LogP contribution in [-0.4, -0.2) is 37.5 Å². The lowest BCUT2D eigenvalue weighted by atomic mass is 9.92. The third-order valence-electron chi connectivity index (χ3n) is 3.51. The summed E-state index contributed by atoms with van der Waals surface area (Å²) in [6.07, 6.45) is -0.301. The molecule has 0 saturated carbocycles. The largest absolute Gasteiger partial charge is 0.467 e. The van der Waals surface area contributed by atoms with E-state index in [4.69, 9.17) is 14.2 Å². The van der Waals surface area contributed by atoms with Gasteiger partial charge in [0.25, 0.3) is 0 Å². The van der Waals surface area contributed by atoms with Crippen LogP contribution in [-0.2, 0) is 19.0 Å². The number of carbonyl (C=O) groups excluding carboxylic acids is 2. The van der Waals surface area contributed by atoms with E-state index in [9.17, 15) is 9.59 Å². The Kier molecular flexibility index (Phi) is 5.26. The van der Waals surface area contributed by atoms with Gasteiger partial charge < -0.3 is 14.2 Å². The quantitative estimate of drug-likeness (QED) is 0.866. The van der Waals surface area contributed by atoms with E-state index >= 15 is 0 Å². The summed E-state index contributed by atoms with van der Waals surface area (Å²) in [6, 6.07) is 7.32. The summed E-state index contributed by atoms with van der Waals surface area (Å²) in [5.41, 5.74) is 1.07. The molecule has 6 heteroatoms. The lowest BCUT2D eigenvalue weighted by Gasteiger charge is -2.20.